The van der Waals surface area contributed by atoms with Gasteiger partial charge in [-0.25, -0.2) is 8.42 Å². The molecule has 6 heteroatoms. The van der Waals surface area contributed by atoms with Crippen molar-refractivity contribution in [3.63, 3.8) is 0 Å². The van der Waals surface area contributed by atoms with Crippen LogP contribution in [0.4, 0.5) is 0 Å². The number of carbonyl (C=O) groups excluding carboxylic acids is 1. The molecule has 3 N–H and O–H groups in total. The average molecular weight is 282 g/mol. The van der Waals surface area contributed by atoms with Crippen molar-refractivity contribution in [1.82, 2.24) is 5.32 Å². The van der Waals surface area contributed by atoms with Gasteiger partial charge < -0.3 is 11.1 Å². The van der Waals surface area contributed by atoms with Crippen molar-refractivity contribution in [2.75, 3.05) is 11.5 Å². The molecule has 1 aliphatic heterocycles. The van der Waals surface area contributed by atoms with Gasteiger partial charge in [-0.1, -0.05) is 24.3 Å². The van der Waals surface area contributed by atoms with Crippen molar-refractivity contribution < 1.29 is 13.2 Å². The maximum atomic E-state index is 11.8. The van der Waals surface area contributed by atoms with Gasteiger partial charge in [0.25, 0.3) is 0 Å². The third-order valence-corrected chi connectivity index (χ3v) is 4.99. The second-order valence-electron chi connectivity index (χ2n) is 4.86. The summed E-state index contributed by atoms with van der Waals surface area (Å²) in [5.41, 5.74) is 7.42. The molecule has 1 aliphatic rings. The molecule has 1 saturated heterocycles. The van der Waals surface area contributed by atoms with Crippen LogP contribution in [0.25, 0.3) is 0 Å². The second-order valence-corrected chi connectivity index (χ2v) is 7.09. The van der Waals surface area contributed by atoms with Gasteiger partial charge in [0.2, 0.25) is 5.91 Å². The lowest BCUT2D eigenvalue weighted by Crippen LogP contribution is -2.36. The quantitative estimate of drug-likeness (QED) is 0.813. The van der Waals surface area contributed by atoms with Gasteiger partial charge in [-0.05, 0) is 17.5 Å². The first kappa shape index (κ1) is 14.0. The molecule has 19 heavy (non-hydrogen) atoms. The molecule has 0 aliphatic carbocycles. The largest absolute Gasteiger partial charge is 0.352 e. The van der Waals surface area contributed by atoms with Crippen LogP contribution in [-0.2, 0) is 27.6 Å². The van der Waals surface area contributed by atoms with Crippen LogP contribution in [0.3, 0.4) is 0 Å². The summed E-state index contributed by atoms with van der Waals surface area (Å²) in [4.78, 5) is 11.8. The Hall–Kier alpha value is -1.40. The molecule has 2 rings (SSSR count). The molecule has 1 fully saturated rings. The average Bonchev–Trinajstić information content (AvgIpc) is 2.69. The lowest BCUT2D eigenvalue weighted by atomic mass is 10.1. The summed E-state index contributed by atoms with van der Waals surface area (Å²) in [5.74, 6) is 0.0937. The monoisotopic (exact) mass is 282 g/mol. The van der Waals surface area contributed by atoms with Crippen LogP contribution in [0.1, 0.15) is 17.5 Å². The molecule has 0 saturated carbocycles. The molecule has 1 atom stereocenters. The van der Waals surface area contributed by atoms with E-state index in [2.05, 4.69) is 5.32 Å². The van der Waals surface area contributed by atoms with E-state index in [1.54, 1.807) is 0 Å². The van der Waals surface area contributed by atoms with E-state index < -0.39 is 9.84 Å². The van der Waals surface area contributed by atoms with E-state index in [0.717, 1.165) is 11.1 Å². The van der Waals surface area contributed by atoms with Gasteiger partial charge in [0.1, 0.15) is 0 Å². The van der Waals surface area contributed by atoms with Crippen molar-refractivity contribution in [1.29, 1.82) is 0 Å². The standard InChI is InChI=1S/C13H18N2O3S/c14-8-11-3-1-10(2-4-11)7-13(16)15-12-5-6-19(17,18)9-12/h1-4,12H,5-9,14H2,(H,15,16). The molecule has 0 aromatic heterocycles. The minimum absolute atomic E-state index is 0.0604. The van der Waals surface area contributed by atoms with Crippen LogP contribution in [0, 0.1) is 0 Å². The first-order valence-corrected chi connectivity index (χ1v) is 8.08. The number of rotatable bonds is 4. The molecular formula is C13H18N2O3S. The fourth-order valence-electron chi connectivity index (χ4n) is 2.17. The Bertz CT molecular complexity index is 552. The maximum Gasteiger partial charge on any atom is 0.224 e. The van der Waals surface area contributed by atoms with Gasteiger partial charge in [0.15, 0.2) is 9.84 Å². The number of sulfone groups is 1. The van der Waals surface area contributed by atoms with Crippen LogP contribution in [0.2, 0.25) is 0 Å². The van der Waals surface area contributed by atoms with E-state index in [-0.39, 0.29) is 29.9 Å². The lowest BCUT2D eigenvalue weighted by molar-refractivity contribution is -0.120. The summed E-state index contributed by atoms with van der Waals surface area (Å²) in [6.07, 6.45) is 0.779. The predicted molar refractivity (Wildman–Crippen MR) is 73.2 cm³/mol. The minimum atomic E-state index is -2.95. The molecule has 1 aromatic rings. The number of nitrogens with two attached hydrogens (primary N) is 1. The highest BCUT2D eigenvalue weighted by atomic mass is 32.2. The first-order valence-electron chi connectivity index (χ1n) is 6.26. The highest BCUT2D eigenvalue weighted by molar-refractivity contribution is 7.91. The Kier molecular flexibility index (Phi) is 4.21. The van der Waals surface area contributed by atoms with E-state index in [9.17, 15) is 13.2 Å². The summed E-state index contributed by atoms with van der Waals surface area (Å²) in [7, 11) is -2.95. The van der Waals surface area contributed by atoms with E-state index in [4.69, 9.17) is 5.73 Å². The summed E-state index contributed by atoms with van der Waals surface area (Å²) in [6.45, 7) is 0.479. The highest BCUT2D eigenvalue weighted by Gasteiger charge is 2.28. The summed E-state index contributed by atoms with van der Waals surface area (Å²) in [6, 6.07) is 7.28. The number of nitrogens with one attached hydrogen (secondary N) is 1. The van der Waals surface area contributed by atoms with Gasteiger partial charge in [-0.15, -0.1) is 0 Å². The number of amides is 1. The van der Waals surface area contributed by atoms with Crippen molar-refractivity contribution in [2.45, 2.75) is 25.4 Å². The fourth-order valence-corrected chi connectivity index (χ4v) is 3.84. The number of hydrogen-bond donors (Lipinski definition) is 2. The van der Waals surface area contributed by atoms with Gasteiger partial charge in [-0.3, -0.25) is 4.79 Å². The van der Waals surface area contributed by atoms with Gasteiger partial charge in [0.05, 0.1) is 17.9 Å². The fraction of sp³-hybridized carbons (Fsp3) is 0.462. The third-order valence-electron chi connectivity index (χ3n) is 3.22. The van der Waals surface area contributed by atoms with Crippen LogP contribution in [0.5, 0.6) is 0 Å². The van der Waals surface area contributed by atoms with Crippen LogP contribution in [-0.4, -0.2) is 31.9 Å². The van der Waals surface area contributed by atoms with E-state index in [0.29, 0.717) is 13.0 Å². The Balaban J connectivity index is 1.87. The summed E-state index contributed by atoms with van der Waals surface area (Å²) >= 11 is 0. The summed E-state index contributed by atoms with van der Waals surface area (Å²) in [5, 5.41) is 2.77. The Morgan fingerprint density at radius 2 is 1.89 bits per heavy atom. The lowest BCUT2D eigenvalue weighted by Gasteiger charge is -2.10. The second kappa shape index (κ2) is 5.71. The van der Waals surface area contributed by atoms with Gasteiger partial charge >= 0.3 is 0 Å². The van der Waals surface area contributed by atoms with Crippen molar-refractivity contribution in [3.05, 3.63) is 35.4 Å². The van der Waals surface area contributed by atoms with Crippen molar-refractivity contribution in [3.8, 4) is 0 Å². The van der Waals surface area contributed by atoms with E-state index in [1.165, 1.54) is 0 Å². The predicted octanol–water partition coefficient (Wildman–Crippen LogP) is -0.00890. The van der Waals surface area contributed by atoms with Gasteiger partial charge in [-0.2, -0.15) is 0 Å². The number of carbonyl (C=O) groups is 1. The smallest absolute Gasteiger partial charge is 0.224 e. The third kappa shape index (κ3) is 4.04. The topological polar surface area (TPSA) is 89.3 Å². The number of benzene rings is 1. The van der Waals surface area contributed by atoms with Crippen molar-refractivity contribution >= 4 is 15.7 Å². The molecule has 0 radical (unpaired) electrons. The van der Waals surface area contributed by atoms with Crippen LogP contribution < -0.4 is 11.1 Å². The van der Waals surface area contributed by atoms with E-state index >= 15 is 0 Å². The molecule has 0 bridgehead atoms. The molecule has 1 unspecified atom stereocenters. The Morgan fingerprint density at radius 1 is 1.26 bits per heavy atom. The zero-order valence-electron chi connectivity index (χ0n) is 10.6. The Labute approximate surface area is 113 Å². The zero-order valence-corrected chi connectivity index (χ0v) is 11.4. The molecule has 0 spiro atoms. The van der Waals surface area contributed by atoms with E-state index in [1.807, 2.05) is 24.3 Å². The van der Waals surface area contributed by atoms with Crippen molar-refractivity contribution in [2.24, 2.45) is 5.73 Å². The molecule has 104 valence electrons. The SMILES string of the molecule is NCc1ccc(CC(=O)NC2CCS(=O)(=O)C2)cc1. The Morgan fingerprint density at radius 3 is 2.42 bits per heavy atom. The normalized spacial score (nSPS) is 21.2. The molecular weight excluding hydrogens is 264 g/mol. The highest BCUT2D eigenvalue weighted by Crippen LogP contribution is 2.11. The molecule has 1 aromatic carbocycles. The molecule has 1 heterocycles. The number of hydrogen-bond acceptors (Lipinski definition) is 4. The molecule has 5 nitrogen and oxygen atoms in total. The molecule has 1 amide bonds. The van der Waals surface area contributed by atoms with Crippen LogP contribution in [0.15, 0.2) is 24.3 Å². The van der Waals surface area contributed by atoms with Gasteiger partial charge in [0, 0.05) is 12.6 Å². The summed E-state index contributed by atoms with van der Waals surface area (Å²) < 4.78 is 22.6. The van der Waals surface area contributed by atoms with Crippen LogP contribution >= 0.6 is 0 Å². The minimum Gasteiger partial charge on any atom is -0.352 e. The first-order chi connectivity index (χ1) is 8.98. The zero-order chi connectivity index (χ0) is 13.9. The maximum absolute atomic E-state index is 11.8.